The van der Waals surface area contributed by atoms with Crippen molar-refractivity contribution in [3.63, 3.8) is 0 Å². The van der Waals surface area contributed by atoms with E-state index >= 15 is 0 Å². The highest BCUT2D eigenvalue weighted by Gasteiger charge is 2.53. The Hall–Kier alpha value is -0.0400. The monoisotopic (exact) mass is 207 g/mol. The summed E-state index contributed by atoms with van der Waals surface area (Å²) in [6.07, 6.45) is 8.96. The first-order valence-electron chi connectivity index (χ1n) is 7.05. The molecule has 2 bridgehead atoms. The van der Waals surface area contributed by atoms with Crippen LogP contribution in [0.25, 0.3) is 0 Å². The summed E-state index contributed by atoms with van der Waals surface area (Å²) in [7, 11) is 0. The molecule has 1 heteroatoms. The Bertz CT molecular complexity index is 237. The Balaban J connectivity index is 1.65. The van der Waals surface area contributed by atoms with E-state index in [9.17, 15) is 0 Å². The maximum absolute atomic E-state index is 3.87. The fourth-order valence-electron chi connectivity index (χ4n) is 4.74. The van der Waals surface area contributed by atoms with Crippen LogP contribution in [0.1, 0.15) is 52.4 Å². The molecule has 1 nitrogen and oxygen atoms in total. The van der Waals surface area contributed by atoms with Crippen LogP contribution in [0, 0.1) is 23.7 Å². The maximum atomic E-state index is 3.87. The summed E-state index contributed by atoms with van der Waals surface area (Å²) < 4.78 is 0. The molecule has 6 atom stereocenters. The molecule has 0 heterocycles. The fourth-order valence-corrected chi connectivity index (χ4v) is 4.74. The van der Waals surface area contributed by atoms with Gasteiger partial charge in [-0.25, -0.2) is 0 Å². The number of rotatable bonds is 3. The molecular formula is C14H25N. The van der Waals surface area contributed by atoms with Gasteiger partial charge in [0.25, 0.3) is 0 Å². The lowest BCUT2D eigenvalue weighted by molar-refractivity contribution is 0.199. The van der Waals surface area contributed by atoms with Crippen molar-refractivity contribution in [2.45, 2.75) is 64.5 Å². The second-order valence-electron chi connectivity index (χ2n) is 6.24. The van der Waals surface area contributed by atoms with Gasteiger partial charge in [-0.2, -0.15) is 0 Å². The lowest BCUT2D eigenvalue weighted by Crippen LogP contribution is -2.43. The predicted octanol–water partition coefficient (Wildman–Crippen LogP) is 3.20. The van der Waals surface area contributed by atoms with Crippen molar-refractivity contribution in [1.29, 1.82) is 0 Å². The van der Waals surface area contributed by atoms with Gasteiger partial charge in [-0.1, -0.05) is 13.3 Å². The van der Waals surface area contributed by atoms with Gasteiger partial charge in [0.05, 0.1) is 0 Å². The van der Waals surface area contributed by atoms with E-state index in [1.807, 2.05) is 0 Å². The van der Waals surface area contributed by atoms with Crippen LogP contribution in [0.5, 0.6) is 0 Å². The number of hydrogen-bond acceptors (Lipinski definition) is 1. The van der Waals surface area contributed by atoms with E-state index in [1.165, 1.54) is 19.3 Å². The highest BCUT2D eigenvalue weighted by molar-refractivity contribution is 5.05. The third kappa shape index (κ3) is 1.54. The summed E-state index contributed by atoms with van der Waals surface area (Å²) in [5.41, 5.74) is 0. The van der Waals surface area contributed by atoms with Gasteiger partial charge in [0.15, 0.2) is 0 Å². The van der Waals surface area contributed by atoms with Crippen molar-refractivity contribution in [3.8, 4) is 0 Å². The molecule has 15 heavy (non-hydrogen) atoms. The smallest absolute Gasteiger partial charge is 0.0103 e. The van der Waals surface area contributed by atoms with Gasteiger partial charge in [-0.05, 0) is 62.7 Å². The Kier molecular flexibility index (Phi) is 2.54. The second kappa shape index (κ2) is 3.76. The van der Waals surface area contributed by atoms with Crippen molar-refractivity contribution in [3.05, 3.63) is 0 Å². The van der Waals surface area contributed by atoms with Gasteiger partial charge in [0, 0.05) is 12.1 Å². The molecule has 0 aliphatic heterocycles. The van der Waals surface area contributed by atoms with E-state index in [1.54, 1.807) is 19.3 Å². The van der Waals surface area contributed by atoms with Crippen molar-refractivity contribution in [1.82, 2.24) is 5.32 Å². The average Bonchev–Trinajstić information content (AvgIpc) is 2.87. The van der Waals surface area contributed by atoms with Crippen LogP contribution in [-0.4, -0.2) is 12.1 Å². The zero-order valence-electron chi connectivity index (χ0n) is 10.2. The van der Waals surface area contributed by atoms with E-state index in [2.05, 4.69) is 19.2 Å². The molecule has 86 valence electrons. The molecule has 1 N–H and O–H groups in total. The molecule has 3 fully saturated rings. The molecule has 0 saturated heterocycles. The van der Waals surface area contributed by atoms with E-state index in [0.29, 0.717) is 0 Å². The molecule has 0 aromatic carbocycles. The topological polar surface area (TPSA) is 12.0 Å². The van der Waals surface area contributed by atoms with Crippen molar-refractivity contribution in [2.24, 2.45) is 23.7 Å². The molecule has 0 spiro atoms. The first-order valence-corrected chi connectivity index (χ1v) is 7.05. The SMILES string of the molecule is CC[C@H](C)N[C@@H]1C[C@H]2C[C@H]1[C@H]1CCC[C@H]21. The molecule has 0 amide bonds. The van der Waals surface area contributed by atoms with Gasteiger partial charge in [0.2, 0.25) is 0 Å². The lowest BCUT2D eigenvalue weighted by atomic mass is 9.79. The third-order valence-electron chi connectivity index (χ3n) is 5.54. The summed E-state index contributed by atoms with van der Waals surface area (Å²) in [5.74, 6) is 4.41. The van der Waals surface area contributed by atoms with Crippen LogP contribution < -0.4 is 5.32 Å². The first kappa shape index (κ1) is 10.1. The molecule has 0 aromatic rings. The molecule has 3 aliphatic carbocycles. The molecule has 3 rings (SSSR count). The number of fused-ring (bicyclic) bond motifs is 5. The van der Waals surface area contributed by atoms with Crippen LogP contribution in [0.15, 0.2) is 0 Å². The molecule has 3 aliphatic rings. The summed E-state index contributed by atoms with van der Waals surface area (Å²) in [6.45, 7) is 4.64. The van der Waals surface area contributed by atoms with Gasteiger partial charge in [-0.3, -0.25) is 0 Å². The summed E-state index contributed by atoms with van der Waals surface area (Å²) in [6, 6.07) is 1.61. The minimum absolute atomic E-state index is 0.731. The van der Waals surface area contributed by atoms with Gasteiger partial charge >= 0.3 is 0 Å². The molecule has 0 unspecified atom stereocenters. The average molecular weight is 207 g/mol. The van der Waals surface area contributed by atoms with Crippen LogP contribution >= 0.6 is 0 Å². The molecule has 3 saturated carbocycles. The fraction of sp³-hybridized carbons (Fsp3) is 1.00. The van der Waals surface area contributed by atoms with E-state index in [0.717, 1.165) is 35.8 Å². The quantitative estimate of drug-likeness (QED) is 0.749. The van der Waals surface area contributed by atoms with Crippen LogP contribution in [-0.2, 0) is 0 Å². The van der Waals surface area contributed by atoms with Crippen molar-refractivity contribution < 1.29 is 0 Å². The predicted molar refractivity (Wildman–Crippen MR) is 63.7 cm³/mol. The maximum Gasteiger partial charge on any atom is 0.0103 e. The van der Waals surface area contributed by atoms with Crippen LogP contribution in [0.4, 0.5) is 0 Å². The van der Waals surface area contributed by atoms with E-state index < -0.39 is 0 Å². The highest BCUT2D eigenvalue weighted by atomic mass is 15.0. The largest absolute Gasteiger partial charge is 0.311 e. The summed E-state index contributed by atoms with van der Waals surface area (Å²) in [4.78, 5) is 0. The normalized spacial score (nSPS) is 49.6. The molecule has 0 radical (unpaired) electrons. The molecular weight excluding hydrogens is 182 g/mol. The minimum atomic E-state index is 0.731. The molecule has 0 aromatic heterocycles. The van der Waals surface area contributed by atoms with Crippen molar-refractivity contribution >= 4 is 0 Å². The zero-order chi connectivity index (χ0) is 10.4. The van der Waals surface area contributed by atoms with Crippen molar-refractivity contribution in [2.75, 3.05) is 0 Å². The second-order valence-corrected chi connectivity index (χ2v) is 6.24. The zero-order valence-corrected chi connectivity index (χ0v) is 10.2. The number of nitrogens with one attached hydrogen (secondary N) is 1. The standard InChI is InChI=1S/C14H25N/c1-3-9(2)15-14-8-10-7-13(14)12-6-4-5-11(10)12/h9-15H,3-8H2,1-2H3/t9-,10+,11+,12-,13-,14+/m0/s1. The van der Waals surface area contributed by atoms with E-state index in [4.69, 9.17) is 0 Å². The highest BCUT2D eigenvalue weighted by Crippen LogP contribution is 2.58. The first-order chi connectivity index (χ1) is 7.29. The minimum Gasteiger partial charge on any atom is -0.311 e. The van der Waals surface area contributed by atoms with E-state index in [-0.39, 0.29) is 0 Å². The van der Waals surface area contributed by atoms with Gasteiger partial charge in [0.1, 0.15) is 0 Å². The Labute approximate surface area is 94.0 Å². The third-order valence-corrected chi connectivity index (χ3v) is 5.54. The Morgan fingerprint density at radius 2 is 1.93 bits per heavy atom. The van der Waals surface area contributed by atoms with Gasteiger partial charge in [-0.15, -0.1) is 0 Å². The van der Waals surface area contributed by atoms with Gasteiger partial charge < -0.3 is 5.32 Å². The lowest BCUT2D eigenvalue weighted by Gasteiger charge is -2.33. The van der Waals surface area contributed by atoms with Crippen LogP contribution in [0.2, 0.25) is 0 Å². The summed E-state index contributed by atoms with van der Waals surface area (Å²) in [5, 5.41) is 3.87. The Morgan fingerprint density at radius 3 is 2.73 bits per heavy atom. The Morgan fingerprint density at radius 1 is 1.13 bits per heavy atom. The summed E-state index contributed by atoms with van der Waals surface area (Å²) >= 11 is 0. The number of hydrogen-bond donors (Lipinski definition) is 1. The van der Waals surface area contributed by atoms with Crippen LogP contribution in [0.3, 0.4) is 0 Å².